The Morgan fingerprint density at radius 3 is 3.08 bits per heavy atom. The maximum atomic E-state index is 11.4. The second-order valence-corrected chi connectivity index (χ2v) is 3.48. The predicted molar refractivity (Wildman–Crippen MR) is 50.5 cm³/mol. The van der Waals surface area contributed by atoms with E-state index in [-0.39, 0.29) is 5.91 Å². The van der Waals surface area contributed by atoms with Crippen molar-refractivity contribution in [2.24, 2.45) is 5.92 Å². The number of hydrogen-bond acceptors (Lipinski definition) is 3. The molecule has 13 heavy (non-hydrogen) atoms. The molecule has 1 heterocycles. The van der Waals surface area contributed by atoms with Crippen LogP contribution in [-0.2, 0) is 9.53 Å². The summed E-state index contributed by atoms with van der Waals surface area (Å²) in [5.41, 5.74) is 0. The maximum Gasteiger partial charge on any atom is 0.236 e. The lowest BCUT2D eigenvalue weighted by molar-refractivity contribution is -0.129. The molecule has 4 nitrogen and oxygen atoms in total. The highest BCUT2D eigenvalue weighted by atomic mass is 16.5. The van der Waals surface area contributed by atoms with Gasteiger partial charge in [-0.2, -0.15) is 0 Å². The van der Waals surface area contributed by atoms with Gasteiger partial charge in [-0.15, -0.1) is 0 Å². The van der Waals surface area contributed by atoms with Crippen LogP contribution in [0.1, 0.15) is 6.42 Å². The molecule has 1 aliphatic rings. The predicted octanol–water partition coefficient (Wildman–Crippen LogP) is -0.299. The highest BCUT2D eigenvalue weighted by molar-refractivity contribution is 5.78. The zero-order valence-electron chi connectivity index (χ0n) is 8.38. The molecule has 1 unspecified atom stereocenters. The van der Waals surface area contributed by atoms with E-state index in [0.29, 0.717) is 12.5 Å². The summed E-state index contributed by atoms with van der Waals surface area (Å²) in [5.74, 6) is 0.729. The van der Waals surface area contributed by atoms with E-state index in [1.165, 1.54) is 0 Å². The van der Waals surface area contributed by atoms with E-state index in [0.717, 1.165) is 26.1 Å². The molecule has 0 aromatic rings. The first-order valence-electron chi connectivity index (χ1n) is 4.69. The molecule has 0 spiro atoms. The highest BCUT2D eigenvalue weighted by Gasteiger charge is 2.25. The summed E-state index contributed by atoms with van der Waals surface area (Å²) in [7, 11) is 3.50. The van der Waals surface area contributed by atoms with Gasteiger partial charge in [-0.1, -0.05) is 0 Å². The molecule has 1 atom stereocenters. The quantitative estimate of drug-likeness (QED) is 0.655. The van der Waals surface area contributed by atoms with Crippen LogP contribution in [0.3, 0.4) is 0 Å². The van der Waals surface area contributed by atoms with Crippen molar-refractivity contribution in [3.8, 4) is 0 Å². The van der Waals surface area contributed by atoms with Gasteiger partial charge in [0, 0.05) is 26.1 Å². The zero-order valence-corrected chi connectivity index (χ0v) is 8.38. The molecule has 0 saturated carbocycles. The number of likely N-dealkylation sites (tertiary alicyclic amines) is 1. The summed E-state index contributed by atoms with van der Waals surface area (Å²) in [4.78, 5) is 13.3. The molecular formula is C9H18N2O2. The van der Waals surface area contributed by atoms with Gasteiger partial charge in [-0.3, -0.25) is 4.79 Å². The first kappa shape index (κ1) is 10.5. The number of amides is 1. The first-order chi connectivity index (χ1) is 6.27. The highest BCUT2D eigenvalue weighted by Crippen LogP contribution is 2.15. The molecule has 1 amide bonds. The average Bonchev–Trinajstić information content (AvgIpc) is 2.54. The van der Waals surface area contributed by atoms with Crippen molar-refractivity contribution in [2.45, 2.75) is 6.42 Å². The smallest absolute Gasteiger partial charge is 0.236 e. The Labute approximate surface area is 79.2 Å². The van der Waals surface area contributed by atoms with Gasteiger partial charge in [0.05, 0.1) is 13.2 Å². The van der Waals surface area contributed by atoms with Crippen molar-refractivity contribution in [3.63, 3.8) is 0 Å². The molecule has 76 valence electrons. The lowest BCUT2D eigenvalue weighted by atomic mass is 10.1. The van der Waals surface area contributed by atoms with Crippen LogP contribution >= 0.6 is 0 Å². The Morgan fingerprint density at radius 2 is 2.46 bits per heavy atom. The van der Waals surface area contributed by atoms with Gasteiger partial charge in [0.2, 0.25) is 5.91 Å². The number of nitrogens with one attached hydrogen (secondary N) is 1. The second-order valence-electron chi connectivity index (χ2n) is 3.48. The van der Waals surface area contributed by atoms with Gasteiger partial charge in [-0.25, -0.2) is 0 Å². The van der Waals surface area contributed by atoms with Crippen LogP contribution in [0.4, 0.5) is 0 Å². The molecule has 1 fully saturated rings. The molecule has 0 aromatic heterocycles. The fourth-order valence-corrected chi connectivity index (χ4v) is 1.69. The molecule has 1 N–H and O–H groups in total. The molecule has 1 saturated heterocycles. The monoisotopic (exact) mass is 186 g/mol. The largest absolute Gasteiger partial charge is 0.384 e. The Bertz CT molecular complexity index is 173. The topological polar surface area (TPSA) is 41.6 Å². The van der Waals surface area contributed by atoms with Crippen molar-refractivity contribution < 1.29 is 9.53 Å². The van der Waals surface area contributed by atoms with Crippen molar-refractivity contribution in [1.29, 1.82) is 0 Å². The van der Waals surface area contributed by atoms with Crippen LogP contribution in [0.5, 0.6) is 0 Å². The van der Waals surface area contributed by atoms with E-state index in [1.54, 1.807) is 14.2 Å². The van der Waals surface area contributed by atoms with Crippen LogP contribution in [0, 0.1) is 5.92 Å². The van der Waals surface area contributed by atoms with Crippen LogP contribution in [0.25, 0.3) is 0 Å². The standard InChI is InChI=1S/C9H18N2O2/c1-10-5-9(12)11-4-3-8(6-11)7-13-2/h8,10H,3-7H2,1-2H3. The van der Waals surface area contributed by atoms with E-state index in [1.807, 2.05) is 4.90 Å². The Balaban J connectivity index is 2.27. The maximum absolute atomic E-state index is 11.4. The first-order valence-corrected chi connectivity index (χ1v) is 4.69. The number of rotatable bonds is 4. The van der Waals surface area contributed by atoms with Gasteiger partial charge in [0.25, 0.3) is 0 Å². The number of likely N-dealkylation sites (N-methyl/N-ethyl adjacent to an activating group) is 1. The summed E-state index contributed by atoms with van der Waals surface area (Å²) in [6.45, 7) is 2.95. The molecule has 0 bridgehead atoms. The zero-order chi connectivity index (χ0) is 9.68. The van der Waals surface area contributed by atoms with Gasteiger partial charge in [-0.05, 0) is 13.5 Å². The average molecular weight is 186 g/mol. The van der Waals surface area contributed by atoms with E-state index >= 15 is 0 Å². The molecule has 1 aliphatic heterocycles. The molecule has 0 aromatic carbocycles. The van der Waals surface area contributed by atoms with Crippen LogP contribution in [-0.4, -0.2) is 51.2 Å². The fraction of sp³-hybridized carbons (Fsp3) is 0.889. The third-order valence-electron chi connectivity index (χ3n) is 2.37. The minimum Gasteiger partial charge on any atom is -0.384 e. The van der Waals surface area contributed by atoms with Crippen LogP contribution < -0.4 is 5.32 Å². The number of ether oxygens (including phenoxy) is 1. The Morgan fingerprint density at radius 1 is 1.69 bits per heavy atom. The van der Waals surface area contributed by atoms with Crippen molar-refractivity contribution in [2.75, 3.05) is 40.4 Å². The van der Waals surface area contributed by atoms with Gasteiger partial charge in [0.15, 0.2) is 0 Å². The van der Waals surface area contributed by atoms with E-state index < -0.39 is 0 Å². The fourth-order valence-electron chi connectivity index (χ4n) is 1.69. The minimum atomic E-state index is 0.195. The Kier molecular flexibility index (Phi) is 4.18. The number of nitrogens with zero attached hydrogens (tertiary/aromatic N) is 1. The molecule has 0 radical (unpaired) electrons. The lowest BCUT2D eigenvalue weighted by Crippen LogP contribution is -2.35. The molecule has 0 aliphatic carbocycles. The Hall–Kier alpha value is -0.610. The summed E-state index contributed by atoms with van der Waals surface area (Å²) >= 11 is 0. The summed E-state index contributed by atoms with van der Waals surface area (Å²) < 4.78 is 5.06. The van der Waals surface area contributed by atoms with Crippen molar-refractivity contribution in [3.05, 3.63) is 0 Å². The molecule has 4 heteroatoms. The second kappa shape index (κ2) is 5.19. The van der Waals surface area contributed by atoms with E-state index in [4.69, 9.17) is 4.74 Å². The van der Waals surface area contributed by atoms with E-state index in [2.05, 4.69) is 5.32 Å². The van der Waals surface area contributed by atoms with Crippen LogP contribution in [0.15, 0.2) is 0 Å². The number of methoxy groups -OCH3 is 1. The van der Waals surface area contributed by atoms with Crippen molar-refractivity contribution in [1.82, 2.24) is 10.2 Å². The summed E-state index contributed by atoms with van der Waals surface area (Å²) in [6.07, 6.45) is 1.07. The number of hydrogen-bond donors (Lipinski definition) is 1. The molecule has 1 rings (SSSR count). The van der Waals surface area contributed by atoms with Gasteiger partial charge < -0.3 is 15.0 Å². The van der Waals surface area contributed by atoms with Crippen LogP contribution in [0.2, 0.25) is 0 Å². The third-order valence-corrected chi connectivity index (χ3v) is 2.37. The summed E-state index contributed by atoms with van der Waals surface area (Å²) in [5, 5.41) is 2.87. The lowest BCUT2D eigenvalue weighted by Gasteiger charge is -2.15. The summed E-state index contributed by atoms with van der Waals surface area (Å²) in [6, 6.07) is 0. The SMILES string of the molecule is CNCC(=O)N1CCC(COC)C1. The number of carbonyl (C=O) groups excluding carboxylic acids is 1. The molecular weight excluding hydrogens is 168 g/mol. The minimum absolute atomic E-state index is 0.195. The van der Waals surface area contributed by atoms with E-state index in [9.17, 15) is 4.79 Å². The van der Waals surface area contributed by atoms with Gasteiger partial charge in [0.1, 0.15) is 0 Å². The van der Waals surface area contributed by atoms with Crippen molar-refractivity contribution >= 4 is 5.91 Å². The van der Waals surface area contributed by atoms with Gasteiger partial charge >= 0.3 is 0 Å². The normalized spacial score (nSPS) is 22.3. The number of carbonyl (C=O) groups is 1. The third kappa shape index (κ3) is 2.97.